The van der Waals surface area contributed by atoms with Gasteiger partial charge in [0.1, 0.15) is 5.82 Å². The second-order valence-electron chi connectivity index (χ2n) is 5.25. The molecule has 3 N–H and O–H groups in total. The fraction of sp³-hybridized carbons (Fsp3) is 0.429. The highest BCUT2D eigenvalue weighted by molar-refractivity contribution is 5.94. The number of β-amino-alcohol motifs (C(OH)–C–C–N with tert-alkyl or cyclic N) is 1. The molecule has 21 heavy (non-hydrogen) atoms. The fourth-order valence-corrected chi connectivity index (χ4v) is 2.52. The van der Waals surface area contributed by atoms with Crippen molar-refractivity contribution in [3.05, 3.63) is 29.8 Å². The molecule has 0 unspecified atom stereocenters. The van der Waals surface area contributed by atoms with E-state index in [0.717, 1.165) is 13.0 Å². The zero-order valence-corrected chi connectivity index (χ0v) is 11.5. The smallest absolute Gasteiger partial charge is 0.287 e. The van der Waals surface area contributed by atoms with Gasteiger partial charge in [-0.25, -0.2) is 9.37 Å². The van der Waals surface area contributed by atoms with Crippen molar-refractivity contribution in [3.8, 4) is 0 Å². The number of likely N-dealkylation sites (tertiary alicyclic amines) is 1. The molecule has 6 nitrogen and oxygen atoms in total. The van der Waals surface area contributed by atoms with Crippen LogP contribution in [0.25, 0.3) is 11.0 Å². The van der Waals surface area contributed by atoms with Gasteiger partial charge in [-0.05, 0) is 24.6 Å². The summed E-state index contributed by atoms with van der Waals surface area (Å²) in [4.78, 5) is 21.0. The molecule has 0 radical (unpaired) electrons. The summed E-state index contributed by atoms with van der Waals surface area (Å²) in [6.07, 6.45) is 0.522. The van der Waals surface area contributed by atoms with E-state index >= 15 is 0 Å². The van der Waals surface area contributed by atoms with Gasteiger partial charge >= 0.3 is 0 Å². The summed E-state index contributed by atoms with van der Waals surface area (Å²) in [5.74, 6) is -0.505. The maximum atomic E-state index is 13.1. The second-order valence-corrected chi connectivity index (χ2v) is 5.25. The molecule has 1 atom stereocenters. The lowest BCUT2D eigenvalue weighted by atomic mass is 10.3. The minimum Gasteiger partial charge on any atom is -0.392 e. The van der Waals surface area contributed by atoms with Crippen LogP contribution in [0.1, 0.15) is 17.0 Å². The number of hydrogen-bond acceptors (Lipinski definition) is 4. The molecule has 0 aliphatic carbocycles. The van der Waals surface area contributed by atoms with E-state index in [-0.39, 0.29) is 23.7 Å². The molecule has 1 fully saturated rings. The lowest BCUT2D eigenvalue weighted by Crippen LogP contribution is -2.34. The zero-order chi connectivity index (χ0) is 14.8. The molecule has 2 aromatic rings. The van der Waals surface area contributed by atoms with Crippen molar-refractivity contribution < 1.29 is 14.3 Å². The van der Waals surface area contributed by atoms with Crippen molar-refractivity contribution >= 4 is 16.9 Å². The van der Waals surface area contributed by atoms with Gasteiger partial charge in [0, 0.05) is 26.2 Å². The number of nitrogens with one attached hydrogen (secondary N) is 2. The largest absolute Gasteiger partial charge is 0.392 e. The summed E-state index contributed by atoms with van der Waals surface area (Å²) < 4.78 is 13.1. The molecule has 2 heterocycles. The van der Waals surface area contributed by atoms with Gasteiger partial charge in [0.15, 0.2) is 5.82 Å². The number of H-pyrrole nitrogens is 1. The Labute approximate surface area is 121 Å². The summed E-state index contributed by atoms with van der Waals surface area (Å²) in [7, 11) is 0. The number of hydrogen-bond donors (Lipinski definition) is 3. The Morgan fingerprint density at radius 3 is 3.19 bits per heavy atom. The first-order valence-electron chi connectivity index (χ1n) is 6.96. The molecule has 1 aromatic carbocycles. The maximum absolute atomic E-state index is 13.1. The number of carbonyl (C=O) groups is 1. The number of aliphatic hydroxyl groups excluding tert-OH is 1. The van der Waals surface area contributed by atoms with Gasteiger partial charge < -0.3 is 15.4 Å². The number of benzene rings is 1. The molecule has 1 aromatic heterocycles. The molecule has 7 heteroatoms. The number of fused-ring (bicyclic) bond motifs is 1. The van der Waals surface area contributed by atoms with E-state index in [1.807, 2.05) is 0 Å². The summed E-state index contributed by atoms with van der Waals surface area (Å²) in [5, 5.41) is 12.2. The van der Waals surface area contributed by atoms with Crippen molar-refractivity contribution in [2.75, 3.05) is 26.2 Å². The fourth-order valence-electron chi connectivity index (χ4n) is 2.52. The van der Waals surface area contributed by atoms with E-state index in [1.54, 1.807) is 0 Å². The first-order valence-corrected chi connectivity index (χ1v) is 6.96. The predicted octanol–water partition coefficient (Wildman–Crippen LogP) is 0.498. The highest BCUT2D eigenvalue weighted by Gasteiger charge is 2.19. The van der Waals surface area contributed by atoms with Crippen LogP contribution < -0.4 is 5.32 Å². The van der Waals surface area contributed by atoms with Gasteiger partial charge in [-0.3, -0.25) is 9.69 Å². The number of aromatic amines is 1. The van der Waals surface area contributed by atoms with Gasteiger partial charge in [-0.1, -0.05) is 0 Å². The molecule has 1 aliphatic heterocycles. The number of aromatic nitrogens is 2. The number of imidazole rings is 1. The molecule has 3 rings (SSSR count). The minimum absolute atomic E-state index is 0.178. The quantitative estimate of drug-likeness (QED) is 0.766. The first kappa shape index (κ1) is 14.0. The van der Waals surface area contributed by atoms with Crippen LogP contribution in [0, 0.1) is 5.82 Å². The lowest BCUT2D eigenvalue weighted by molar-refractivity contribution is 0.0940. The van der Waals surface area contributed by atoms with Crippen molar-refractivity contribution in [1.82, 2.24) is 20.2 Å². The normalized spacial score (nSPS) is 19.2. The Morgan fingerprint density at radius 1 is 1.57 bits per heavy atom. The Morgan fingerprint density at radius 2 is 2.43 bits per heavy atom. The molecule has 1 aliphatic rings. The van der Waals surface area contributed by atoms with Crippen LogP contribution in [0.5, 0.6) is 0 Å². The Bertz CT molecular complexity index is 657. The van der Waals surface area contributed by atoms with Crippen LogP contribution in [-0.4, -0.2) is 58.2 Å². The Hall–Kier alpha value is -1.99. The lowest BCUT2D eigenvalue weighted by Gasteiger charge is -2.14. The van der Waals surface area contributed by atoms with Gasteiger partial charge in [0.2, 0.25) is 0 Å². The second kappa shape index (κ2) is 5.79. The number of halogens is 1. The molecule has 1 saturated heterocycles. The van der Waals surface area contributed by atoms with Crippen LogP contribution in [-0.2, 0) is 0 Å². The molecule has 1 amide bonds. The molecular formula is C14H17FN4O2. The number of nitrogens with zero attached hydrogens (tertiary/aromatic N) is 2. The average Bonchev–Trinajstić information content (AvgIpc) is 3.04. The third-order valence-corrected chi connectivity index (χ3v) is 3.62. The van der Waals surface area contributed by atoms with Gasteiger partial charge in [0.25, 0.3) is 5.91 Å². The highest BCUT2D eigenvalue weighted by atomic mass is 19.1. The SMILES string of the molecule is O=C(NCCN1CC[C@H](O)C1)c1nc2ccc(F)cc2[nH]1. The number of amides is 1. The van der Waals surface area contributed by atoms with Crippen LogP contribution in [0.3, 0.4) is 0 Å². The van der Waals surface area contributed by atoms with Gasteiger partial charge in [-0.2, -0.15) is 0 Å². The standard InChI is InChI=1S/C14H17FN4O2/c15-9-1-2-11-12(7-9)18-13(17-11)14(21)16-4-6-19-5-3-10(20)8-19/h1-2,7,10,20H,3-6,8H2,(H,16,21)(H,17,18)/t10-/m0/s1. The summed E-state index contributed by atoms with van der Waals surface area (Å²) in [5.41, 5.74) is 1.06. The van der Waals surface area contributed by atoms with E-state index in [9.17, 15) is 14.3 Å². The van der Waals surface area contributed by atoms with Crippen LogP contribution in [0.2, 0.25) is 0 Å². The maximum Gasteiger partial charge on any atom is 0.287 e. The molecule has 0 saturated carbocycles. The molecule has 112 valence electrons. The molecule has 0 spiro atoms. The number of rotatable bonds is 4. The first-order chi connectivity index (χ1) is 10.1. The molecule has 0 bridgehead atoms. The zero-order valence-electron chi connectivity index (χ0n) is 11.5. The Kier molecular flexibility index (Phi) is 3.85. The van der Waals surface area contributed by atoms with E-state index in [1.165, 1.54) is 18.2 Å². The van der Waals surface area contributed by atoms with E-state index < -0.39 is 0 Å². The van der Waals surface area contributed by atoms with E-state index in [2.05, 4.69) is 20.2 Å². The Balaban J connectivity index is 1.56. The van der Waals surface area contributed by atoms with Crippen molar-refractivity contribution in [1.29, 1.82) is 0 Å². The topological polar surface area (TPSA) is 81.2 Å². The van der Waals surface area contributed by atoms with Crippen molar-refractivity contribution in [2.24, 2.45) is 0 Å². The van der Waals surface area contributed by atoms with Crippen molar-refractivity contribution in [3.63, 3.8) is 0 Å². The highest BCUT2D eigenvalue weighted by Crippen LogP contribution is 2.12. The van der Waals surface area contributed by atoms with E-state index in [0.29, 0.717) is 30.7 Å². The summed E-state index contributed by atoms with van der Waals surface area (Å²) in [6, 6.07) is 4.15. The number of aliphatic hydroxyl groups is 1. The predicted molar refractivity (Wildman–Crippen MR) is 75.4 cm³/mol. The molecular weight excluding hydrogens is 275 g/mol. The number of carbonyl (C=O) groups excluding carboxylic acids is 1. The third kappa shape index (κ3) is 3.20. The monoisotopic (exact) mass is 292 g/mol. The summed E-state index contributed by atoms with van der Waals surface area (Å²) in [6.45, 7) is 2.68. The third-order valence-electron chi connectivity index (χ3n) is 3.62. The minimum atomic E-state index is -0.370. The van der Waals surface area contributed by atoms with E-state index in [4.69, 9.17) is 0 Å². The summed E-state index contributed by atoms with van der Waals surface area (Å²) >= 11 is 0. The van der Waals surface area contributed by atoms with Crippen LogP contribution in [0.15, 0.2) is 18.2 Å². The van der Waals surface area contributed by atoms with Crippen molar-refractivity contribution in [2.45, 2.75) is 12.5 Å². The van der Waals surface area contributed by atoms with Crippen LogP contribution >= 0.6 is 0 Å². The van der Waals surface area contributed by atoms with Crippen LogP contribution in [0.4, 0.5) is 4.39 Å². The van der Waals surface area contributed by atoms with Gasteiger partial charge in [-0.15, -0.1) is 0 Å². The average molecular weight is 292 g/mol. The van der Waals surface area contributed by atoms with Gasteiger partial charge in [0.05, 0.1) is 17.1 Å².